The Morgan fingerprint density at radius 1 is 1.22 bits per heavy atom. The van der Waals surface area contributed by atoms with E-state index in [9.17, 15) is 13.2 Å². The smallest absolute Gasteiger partial charge is 0.228 e. The minimum absolute atomic E-state index is 0.0295. The summed E-state index contributed by atoms with van der Waals surface area (Å²) in [7, 11) is -3.20. The highest BCUT2D eigenvalue weighted by Gasteiger charge is 2.26. The second-order valence-corrected chi connectivity index (χ2v) is 9.13. The Labute approximate surface area is 163 Å². The van der Waals surface area contributed by atoms with Gasteiger partial charge in [-0.05, 0) is 19.1 Å². The zero-order valence-corrected chi connectivity index (χ0v) is 17.1. The first-order valence-electron chi connectivity index (χ1n) is 8.78. The van der Waals surface area contributed by atoms with Crippen molar-refractivity contribution >= 4 is 27.3 Å². The summed E-state index contributed by atoms with van der Waals surface area (Å²) in [5.41, 5.74) is 1.64. The van der Waals surface area contributed by atoms with Crippen molar-refractivity contribution < 1.29 is 17.9 Å². The minimum Gasteiger partial charge on any atom is -0.493 e. The fourth-order valence-corrected chi connectivity index (χ4v) is 4.65. The molecule has 7 nitrogen and oxygen atoms in total. The van der Waals surface area contributed by atoms with Gasteiger partial charge in [-0.1, -0.05) is 12.1 Å². The molecule has 1 aliphatic rings. The van der Waals surface area contributed by atoms with Crippen LogP contribution in [0.15, 0.2) is 29.6 Å². The molecule has 0 saturated carbocycles. The molecule has 2 heterocycles. The van der Waals surface area contributed by atoms with E-state index < -0.39 is 10.0 Å². The molecule has 0 unspecified atom stereocenters. The molecule has 1 aromatic carbocycles. The largest absolute Gasteiger partial charge is 0.493 e. The highest BCUT2D eigenvalue weighted by atomic mass is 32.2. The molecular weight excluding hydrogens is 386 g/mol. The summed E-state index contributed by atoms with van der Waals surface area (Å²) in [6.45, 7) is 4.02. The van der Waals surface area contributed by atoms with Crippen LogP contribution in [-0.4, -0.2) is 67.6 Å². The van der Waals surface area contributed by atoms with Crippen LogP contribution < -0.4 is 4.74 Å². The van der Waals surface area contributed by atoms with Crippen molar-refractivity contribution in [2.24, 2.45) is 0 Å². The number of sulfonamides is 1. The molecule has 27 heavy (non-hydrogen) atoms. The Kier molecular flexibility index (Phi) is 6.13. The number of aromatic nitrogens is 1. The van der Waals surface area contributed by atoms with Gasteiger partial charge in [-0.15, -0.1) is 11.3 Å². The maximum atomic E-state index is 12.5. The number of ether oxygens (including phenoxy) is 1. The van der Waals surface area contributed by atoms with E-state index in [1.807, 2.05) is 36.6 Å². The zero-order chi connectivity index (χ0) is 19.4. The van der Waals surface area contributed by atoms with Crippen LogP contribution in [0.5, 0.6) is 5.75 Å². The van der Waals surface area contributed by atoms with E-state index >= 15 is 0 Å². The van der Waals surface area contributed by atoms with Crippen molar-refractivity contribution in [2.45, 2.75) is 13.3 Å². The molecule has 0 aliphatic carbocycles. The average Bonchev–Trinajstić information content (AvgIpc) is 3.10. The molecule has 3 rings (SSSR count). The quantitative estimate of drug-likeness (QED) is 0.728. The Morgan fingerprint density at radius 3 is 2.59 bits per heavy atom. The van der Waals surface area contributed by atoms with Gasteiger partial charge in [0.25, 0.3) is 0 Å². The van der Waals surface area contributed by atoms with Crippen LogP contribution in [0.4, 0.5) is 0 Å². The van der Waals surface area contributed by atoms with Gasteiger partial charge < -0.3 is 9.64 Å². The van der Waals surface area contributed by atoms with Gasteiger partial charge in [-0.3, -0.25) is 4.79 Å². The second kappa shape index (κ2) is 8.37. The molecule has 0 spiro atoms. The van der Waals surface area contributed by atoms with Gasteiger partial charge in [-0.25, -0.2) is 13.4 Å². The maximum Gasteiger partial charge on any atom is 0.228 e. The van der Waals surface area contributed by atoms with E-state index in [0.29, 0.717) is 32.8 Å². The summed E-state index contributed by atoms with van der Waals surface area (Å²) in [5, 5.41) is 2.71. The van der Waals surface area contributed by atoms with Crippen molar-refractivity contribution in [2.75, 3.05) is 39.0 Å². The standard InChI is InChI=1S/C18H23N3O4S2/c1-3-25-16-7-5-4-6-15(16)18-19-14(13-26-18)12-17(22)20-8-10-21(11-9-20)27(2,23)24/h4-7,13H,3,8-12H2,1-2H3. The third-order valence-electron chi connectivity index (χ3n) is 4.36. The predicted molar refractivity (Wildman–Crippen MR) is 105 cm³/mol. The number of para-hydroxylation sites is 1. The molecule has 1 saturated heterocycles. The van der Waals surface area contributed by atoms with Crippen LogP contribution in [0.1, 0.15) is 12.6 Å². The number of rotatable bonds is 6. The van der Waals surface area contributed by atoms with Gasteiger partial charge in [-0.2, -0.15) is 4.31 Å². The molecular formula is C18H23N3O4S2. The van der Waals surface area contributed by atoms with Crippen LogP contribution in [0, 0.1) is 0 Å². The zero-order valence-electron chi connectivity index (χ0n) is 15.4. The number of hydrogen-bond donors (Lipinski definition) is 0. The predicted octanol–water partition coefficient (Wildman–Crippen LogP) is 1.86. The fourth-order valence-electron chi connectivity index (χ4n) is 2.97. The van der Waals surface area contributed by atoms with Crippen molar-refractivity contribution in [1.82, 2.24) is 14.2 Å². The highest BCUT2D eigenvalue weighted by Crippen LogP contribution is 2.32. The van der Waals surface area contributed by atoms with Crippen LogP contribution in [0.2, 0.25) is 0 Å². The van der Waals surface area contributed by atoms with Gasteiger partial charge in [0, 0.05) is 31.6 Å². The number of thiazole rings is 1. The summed E-state index contributed by atoms with van der Waals surface area (Å²) in [4.78, 5) is 18.8. The topological polar surface area (TPSA) is 79.8 Å². The van der Waals surface area contributed by atoms with Crippen molar-refractivity contribution in [1.29, 1.82) is 0 Å². The van der Waals surface area contributed by atoms with Gasteiger partial charge in [0.1, 0.15) is 10.8 Å². The van der Waals surface area contributed by atoms with Crippen LogP contribution in [0.25, 0.3) is 10.6 Å². The van der Waals surface area contributed by atoms with Crippen molar-refractivity contribution in [3.05, 3.63) is 35.3 Å². The fraction of sp³-hybridized carbons (Fsp3) is 0.444. The van der Waals surface area contributed by atoms with Crippen LogP contribution >= 0.6 is 11.3 Å². The molecule has 0 atom stereocenters. The number of nitrogens with zero attached hydrogens (tertiary/aromatic N) is 3. The van der Waals surface area contributed by atoms with Gasteiger partial charge in [0.05, 0.1) is 30.5 Å². The summed E-state index contributed by atoms with van der Waals surface area (Å²) in [6, 6.07) is 7.72. The van der Waals surface area contributed by atoms with E-state index in [2.05, 4.69) is 4.98 Å². The van der Waals surface area contributed by atoms with E-state index in [-0.39, 0.29) is 12.3 Å². The number of piperazine rings is 1. The lowest BCUT2D eigenvalue weighted by Gasteiger charge is -2.33. The number of benzene rings is 1. The van der Waals surface area contributed by atoms with Gasteiger partial charge in [0.2, 0.25) is 15.9 Å². The van der Waals surface area contributed by atoms with Gasteiger partial charge in [0.15, 0.2) is 0 Å². The molecule has 2 aromatic rings. The number of carbonyl (C=O) groups is 1. The normalized spacial score (nSPS) is 15.7. The first-order valence-corrected chi connectivity index (χ1v) is 11.5. The lowest BCUT2D eigenvalue weighted by Crippen LogP contribution is -2.50. The summed E-state index contributed by atoms with van der Waals surface area (Å²) < 4.78 is 30.2. The first-order chi connectivity index (χ1) is 12.9. The molecule has 0 bridgehead atoms. The molecule has 1 aliphatic heterocycles. The number of carbonyl (C=O) groups excluding carboxylic acids is 1. The van der Waals surface area contributed by atoms with E-state index in [4.69, 9.17) is 4.74 Å². The van der Waals surface area contributed by atoms with Crippen LogP contribution in [-0.2, 0) is 21.2 Å². The molecule has 1 aromatic heterocycles. The molecule has 1 amide bonds. The third kappa shape index (κ3) is 4.85. The first kappa shape index (κ1) is 19.8. The Hall–Kier alpha value is -1.97. The molecule has 1 fully saturated rings. The number of hydrogen-bond acceptors (Lipinski definition) is 6. The average molecular weight is 410 g/mol. The summed E-state index contributed by atoms with van der Waals surface area (Å²) in [5.74, 6) is 0.752. The monoisotopic (exact) mass is 409 g/mol. The lowest BCUT2D eigenvalue weighted by atomic mass is 10.2. The lowest BCUT2D eigenvalue weighted by molar-refractivity contribution is -0.131. The van der Waals surface area contributed by atoms with E-state index in [0.717, 1.165) is 22.0 Å². The molecule has 9 heteroatoms. The minimum atomic E-state index is -3.20. The maximum absolute atomic E-state index is 12.5. The molecule has 0 N–H and O–H groups in total. The highest BCUT2D eigenvalue weighted by molar-refractivity contribution is 7.88. The SMILES string of the molecule is CCOc1ccccc1-c1nc(CC(=O)N2CCN(S(C)(=O)=O)CC2)cs1. The third-order valence-corrected chi connectivity index (χ3v) is 6.59. The Bertz CT molecular complexity index is 903. The van der Waals surface area contributed by atoms with Gasteiger partial charge >= 0.3 is 0 Å². The Morgan fingerprint density at radius 2 is 1.93 bits per heavy atom. The summed E-state index contributed by atoms with van der Waals surface area (Å²) in [6.07, 6.45) is 1.41. The van der Waals surface area contributed by atoms with Crippen molar-refractivity contribution in [3.63, 3.8) is 0 Å². The van der Waals surface area contributed by atoms with E-state index in [1.165, 1.54) is 21.9 Å². The van der Waals surface area contributed by atoms with Crippen LogP contribution in [0.3, 0.4) is 0 Å². The Balaban J connectivity index is 1.64. The van der Waals surface area contributed by atoms with Crippen molar-refractivity contribution in [3.8, 4) is 16.3 Å². The van der Waals surface area contributed by atoms with E-state index in [1.54, 1.807) is 4.90 Å². The number of amides is 1. The molecule has 146 valence electrons. The second-order valence-electron chi connectivity index (χ2n) is 6.29. The summed E-state index contributed by atoms with van der Waals surface area (Å²) >= 11 is 1.49. The molecule has 0 radical (unpaired) electrons.